The summed E-state index contributed by atoms with van der Waals surface area (Å²) in [6.07, 6.45) is 2.09. The van der Waals surface area contributed by atoms with Gasteiger partial charge in [0.25, 0.3) is 0 Å². The van der Waals surface area contributed by atoms with Crippen LogP contribution in [0.3, 0.4) is 0 Å². The summed E-state index contributed by atoms with van der Waals surface area (Å²) in [5.41, 5.74) is 1.10. The van der Waals surface area contributed by atoms with E-state index in [1.807, 2.05) is 42.3 Å². The normalized spacial score (nSPS) is 24.9. The van der Waals surface area contributed by atoms with Crippen LogP contribution in [0.25, 0.3) is 0 Å². The van der Waals surface area contributed by atoms with Crippen LogP contribution < -0.4 is 0 Å². The van der Waals surface area contributed by atoms with Crippen molar-refractivity contribution in [2.24, 2.45) is 5.92 Å². The molecule has 19 heavy (non-hydrogen) atoms. The predicted octanol–water partition coefficient (Wildman–Crippen LogP) is 2.93. The summed E-state index contributed by atoms with van der Waals surface area (Å²) in [6.45, 7) is 4.51. The molecule has 1 aromatic carbocycles. The van der Waals surface area contributed by atoms with E-state index < -0.39 is 0 Å². The van der Waals surface area contributed by atoms with Crippen molar-refractivity contribution >= 4 is 18.2 Å². The van der Waals surface area contributed by atoms with E-state index in [1.165, 1.54) is 0 Å². The van der Waals surface area contributed by atoms with E-state index in [0.29, 0.717) is 6.61 Å². The molecular formula is C15H21NO2S. The fraction of sp³-hybridized carbons (Fsp3) is 0.533. The fourth-order valence-corrected chi connectivity index (χ4v) is 3.19. The summed E-state index contributed by atoms with van der Waals surface area (Å²) < 4.78 is 8.19. The van der Waals surface area contributed by atoms with Gasteiger partial charge in [0.05, 0.1) is 18.6 Å². The summed E-state index contributed by atoms with van der Waals surface area (Å²) in [5, 5.41) is 0. The maximum absolute atomic E-state index is 11.4. The predicted molar refractivity (Wildman–Crippen MR) is 79.0 cm³/mol. The largest absolute Gasteiger partial charge is 0.371 e. The topological polar surface area (TPSA) is 29.5 Å². The first-order valence-electron chi connectivity index (χ1n) is 6.85. The molecule has 1 heterocycles. The maximum Gasteiger partial charge on any atom is 0.127 e. The second-order valence-electron chi connectivity index (χ2n) is 4.72. The van der Waals surface area contributed by atoms with Gasteiger partial charge in [0, 0.05) is 18.8 Å². The van der Waals surface area contributed by atoms with Gasteiger partial charge in [0.1, 0.15) is 6.29 Å². The molecule has 1 fully saturated rings. The van der Waals surface area contributed by atoms with Crippen molar-refractivity contribution in [1.29, 1.82) is 0 Å². The van der Waals surface area contributed by atoms with Crippen molar-refractivity contribution in [3.05, 3.63) is 35.9 Å². The number of hydrogen-bond donors (Lipinski definition) is 0. The highest BCUT2D eigenvalue weighted by molar-refractivity contribution is 7.97. The van der Waals surface area contributed by atoms with Crippen LogP contribution in [-0.2, 0) is 9.53 Å². The number of rotatable bonds is 5. The molecule has 0 bridgehead atoms. The van der Waals surface area contributed by atoms with Crippen molar-refractivity contribution in [2.45, 2.75) is 19.4 Å². The molecule has 0 aliphatic carbocycles. The van der Waals surface area contributed by atoms with Crippen LogP contribution in [0.2, 0.25) is 0 Å². The number of aldehydes is 1. The standard InChI is InChI=1S/C15H21NO2S/c1-2-10-19-16-8-9-18-15(14(11-16)12-17)13-6-4-3-5-7-13/h3-7,12,14-15H,2,8-11H2,1H3. The SMILES string of the molecule is CCCSN1CCOC(c2ccccc2)C(C=O)C1. The molecule has 1 aromatic rings. The molecule has 0 radical (unpaired) electrons. The number of hydrogen-bond acceptors (Lipinski definition) is 4. The van der Waals surface area contributed by atoms with Crippen molar-refractivity contribution in [1.82, 2.24) is 4.31 Å². The van der Waals surface area contributed by atoms with Crippen LogP contribution >= 0.6 is 11.9 Å². The van der Waals surface area contributed by atoms with Gasteiger partial charge < -0.3 is 9.53 Å². The summed E-state index contributed by atoms with van der Waals surface area (Å²) in [6, 6.07) is 10.1. The smallest absolute Gasteiger partial charge is 0.127 e. The van der Waals surface area contributed by atoms with E-state index in [4.69, 9.17) is 4.74 Å². The first kappa shape index (κ1) is 14.6. The van der Waals surface area contributed by atoms with Gasteiger partial charge in [-0.3, -0.25) is 0 Å². The average molecular weight is 279 g/mol. The zero-order chi connectivity index (χ0) is 13.5. The highest BCUT2D eigenvalue weighted by Gasteiger charge is 2.28. The number of ether oxygens (including phenoxy) is 1. The molecule has 1 aliphatic rings. The minimum atomic E-state index is -0.106. The Labute approximate surface area is 119 Å². The van der Waals surface area contributed by atoms with Gasteiger partial charge >= 0.3 is 0 Å². The summed E-state index contributed by atoms with van der Waals surface area (Å²) in [4.78, 5) is 11.4. The lowest BCUT2D eigenvalue weighted by molar-refractivity contribution is -0.115. The summed E-state index contributed by atoms with van der Waals surface area (Å²) in [7, 11) is 0. The van der Waals surface area contributed by atoms with Crippen molar-refractivity contribution in [3.63, 3.8) is 0 Å². The van der Waals surface area contributed by atoms with Gasteiger partial charge in [-0.1, -0.05) is 49.2 Å². The Kier molecular flexibility index (Phi) is 5.89. The zero-order valence-electron chi connectivity index (χ0n) is 11.3. The minimum Gasteiger partial charge on any atom is -0.371 e. The lowest BCUT2D eigenvalue weighted by Gasteiger charge is -2.23. The molecule has 0 aromatic heterocycles. The molecule has 104 valence electrons. The monoisotopic (exact) mass is 279 g/mol. The third-order valence-corrected chi connectivity index (χ3v) is 4.51. The minimum absolute atomic E-state index is 0.0887. The molecule has 0 spiro atoms. The highest BCUT2D eigenvalue weighted by atomic mass is 32.2. The third-order valence-electron chi connectivity index (χ3n) is 3.22. The van der Waals surface area contributed by atoms with Crippen LogP contribution in [-0.4, -0.2) is 36.0 Å². The fourth-order valence-electron chi connectivity index (χ4n) is 2.27. The number of nitrogens with zero attached hydrogens (tertiary/aromatic N) is 1. The van der Waals surface area contributed by atoms with Crippen LogP contribution in [0.4, 0.5) is 0 Å². The van der Waals surface area contributed by atoms with Crippen LogP contribution in [0.1, 0.15) is 25.0 Å². The van der Waals surface area contributed by atoms with Crippen LogP contribution in [0.5, 0.6) is 0 Å². The van der Waals surface area contributed by atoms with Gasteiger partial charge in [0.2, 0.25) is 0 Å². The second kappa shape index (κ2) is 7.68. The average Bonchev–Trinajstić information content (AvgIpc) is 2.68. The molecule has 4 heteroatoms. The quantitative estimate of drug-likeness (QED) is 0.612. The van der Waals surface area contributed by atoms with Gasteiger partial charge in [-0.15, -0.1) is 0 Å². The van der Waals surface area contributed by atoms with E-state index in [1.54, 1.807) is 0 Å². The first-order valence-corrected chi connectivity index (χ1v) is 7.79. The number of carbonyl (C=O) groups is 1. The van der Waals surface area contributed by atoms with E-state index in [-0.39, 0.29) is 12.0 Å². The van der Waals surface area contributed by atoms with E-state index in [9.17, 15) is 4.79 Å². The maximum atomic E-state index is 11.4. The zero-order valence-corrected chi connectivity index (χ0v) is 12.1. The Balaban J connectivity index is 2.06. The Hall–Kier alpha value is -0.840. The molecule has 0 saturated carbocycles. The first-order chi connectivity index (χ1) is 9.35. The van der Waals surface area contributed by atoms with Crippen LogP contribution in [0.15, 0.2) is 30.3 Å². The number of benzene rings is 1. The Morgan fingerprint density at radius 3 is 2.89 bits per heavy atom. The van der Waals surface area contributed by atoms with Gasteiger partial charge in [-0.25, -0.2) is 4.31 Å². The highest BCUT2D eigenvalue weighted by Crippen LogP contribution is 2.30. The Morgan fingerprint density at radius 1 is 1.42 bits per heavy atom. The molecule has 0 N–H and O–H groups in total. The molecule has 3 nitrogen and oxygen atoms in total. The lowest BCUT2D eigenvalue weighted by atomic mass is 9.97. The van der Waals surface area contributed by atoms with Gasteiger partial charge in [0.15, 0.2) is 0 Å². The summed E-state index contributed by atoms with van der Waals surface area (Å²) in [5.74, 6) is 1.01. The van der Waals surface area contributed by atoms with Crippen molar-refractivity contribution in [3.8, 4) is 0 Å². The molecule has 1 saturated heterocycles. The van der Waals surface area contributed by atoms with Crippen molar-refractivity contribution in [2.75, 3.05) is 25.4 Å². The van der Waals surface area contributed by atoms with Gasteiger partial charge in [-0.05, 0) is 12.0 Å². The van der Waals surface area contributed by atoms with Crippen molar-refractivity contribution < 1.29 is 9.53 Å². The molecule has 2 rings (SSSR count). The molecule has 2 unspecified atom stereocenters. The third kappa shape index (κ3) is 4.06. The summed E-state index contributed by atoms with van der Waals surface area (Å²) >= 11 is 1.82. The molecule has 2 atom stereocenters. The number of carbonyl (C=O) groups excluding carboxylic acids is 1. The van der Waals surface area contributed by atoms with Crippen LogP contribution in [0, 0.1) is 5.92 Å². The molecule has 0 amide bonds. The lowest BCUT2D eigenvalue weighted by Crippen LogP contribution is -2.26. The van der Waals surface area contributed by atoms with E-state index in [2.05, 4.69) is 11.2 Å². The van der Waals surface area contributed by atoms with E-state index in [0.717, 1.165) is 37.1 Å². The molecular weight excluding hydrogens is 258 g/mol. The Morgan fingerprint density at radius 2 is 2.21 bits per heavy atom. The van der Waals surface area contributed by atoms with E-state index >= 15 is 0 Å². The van der Waals surface area contributed by atoms with Gasteiger partial charge in [-0.2, -0.15) is 0 Å². The molecule has 1 aliphatic heterocycles. The second-order valence-corrected chi connectivity index (χ2v) is 5.91. The Bertz CT molecular complexity index is 385.